The first kappa shape index (κ1) is 11.3. The summed E-state index contributed by atoms with van der Waals surface area (Å²) >= 11 is 0. The third-order valence-corrected chi connectivity index (χ3v) is 2.63. The molecule has 88 valence electrons. The van der Waals surface area contributed by atoms with E-state index in [0.717, 1.165) is 0 Å². The molecule has 0 spiro atoms. The highest BCUT2D eigenvalue weighted by Gasteiger charge is 2.14. The van der Waals surface area contributed by atoms with E-state index in [4.69, 9.17) is 5.11 Å². The fraction of sp³-hybridized carbons (Fsp3) is 0.154. The Hall–Kier alpha value is -2.23. The van der Waals surface area contributed by atoms with Crippen LogP contribution in [0.2, 0.25) is 0 Å². The molecule has 17 heavy (non-hydrogen) atoms. The summed E-state index contributed by atoms with van der Waals surface area (Å²) < 4.78 is 0. The molecule has 4 heteroatoms. The third-order valence-electron chi connectivity index (χ3n) is 2.63. The van der Waals surface area contributed by atoms with Crippen molar-refractivity contribution in [2.24, 2.45) is 0 Å². The van der Waals surface area contributed by atoms with Crippen molar-refractivity contribution in [1.29, 1.82) is 0 Å². The Bertz CT molecular complexity index is 526. The first-order valence-electron chi connectivity index (χ1n) is 5.19. The second kappa shape index (κ2) is 4.33. The summed E-state index contributed by atoms with van der Waals surface area (Å²) in [7, 11) is 0. The molecule has 0 bridgehead atoms. The smallest absolute Gasteiger partial charge is 0.163 e. The molecule has 0 saturated heterocycles. The summed E-state index contributed by atoms with van der Waals surface area (Å²) in [5.41, 5.74) is 1.19. The van der Waals surface area contributed by atoms with E-state index in [1.165, 1.54) is 18.2 Å². The SMILES string of the molecule is O=C1C=CC(Cc2ccc(O)cc2O)=C(O)C1. The Morgan fingerprint density at radius 1 is 1.12 bits per heavy atom. The van der Waals surface area contributed by atoms with E-state index in [1.54, 1.807) is 12.1 Å². The highest BCUT2D eigenvalue weighted by molar-refractivity contribution is 5.93. The first-order valence-corrected chi connectivity index (χ1v) is 5.19. The Morgan fingerprint density at radius 2 is 1.88 bits per heavy atom. The summed E-state index contributed by atoms with van der Waals surface area (Å²) in [5.74, 6) is -0.152. The van der Waals surface area contributed by atoms with Crippen LogP contribution in [-0.4, -0.2) is 21.1 Å². The molecule has 0 radical (unpaired) electrons. The van der Waals surface area contributed by atoms with Crippen LogP contribution in [0.1, 0.15) is 12.0 Å². The van der Waals surface area contributed by atoms with Crippen LogP contribution in [0.15, 0.2) is 41.7 Å². The predicted molar refractivity (Wildman–Crippen MR) is 61.9 cm³/mol. The van der Waals surface area contributed by atoms with E-state index in [9.17, 15) is 15.0 Å². The maximum Gasteiger partial charge on any atom is 0.163 e. The molecule has 0 saturated carbocycles. The van der Waals surface area contributed by atoms with E-state index in [2.05, 4.69) is 0 Å². The zero-order valence-electron chi connectivity index (χ0n) is 9.05. The van der Waals surface area contributed by atoms with Gasteiger partial charge in [-0.05, 0) is 23.3 Å². The van der Waals surface area contributed by atoms with Gasteiger partial charge in [-0.3, -0.25) is 4.79 Å². The van der Waals surface area contributed by atoms with E-state index in [1.807, 2.05) is 0 Å². The van der Waals surface area contributed by atoms with Crippen molar-refractivity contribution in [2.45, 2.75) is 12.8 Å². The molecule has 1 aliphatic carbocycles. The number of benzene rings is 1. The highest BCUT2D eigenvalue weighted by Crippen LogP contribution is 2.27. The quantitative estimate of drug-likeness (QED) is 0.728. The molecule has 1 aliphatic rings. The van der Waals surface area contributed by atoms with E-state index >= 15 is 0 Å². The van der Waals surface area contributed by atoms with Gasteiger partial charge in [0.25, 0.3) is 0 Å². The number of carbonyl (C=O) groups excluding carboxylic acids is 1. The Balaban J connectivity index is 2.24. The van der Waals surface area contributed by atoms with Gasteiger partial charge in [0.1, 0.15) is 17.3 Å². The molecule has 0 atom stereocenters. The van der Waals surface area contributed by atoms with Gasteiger partial charge in [-0.2, -0.15) is 0 Å². The lowest BCUT2D eigenvalue weighted by atomic mass is 9.97. The predicted octanol–water partition coefficient (Wildman–Crippen LogP) is 1.98. The van der Waals surface area contributed by atoms with Crippen LogP contribution in [0.4, 0.5) is 0 Å². The normalized spacial score (nSPS) is 15.4. The molecule has 0 fully saturated rings. The number of rotatable bonds is 2. The van der Waals surface area contributed by atoms with Crippen LogP contribution in [0.5, 0.6) is 11.5 Å². The largest absolute Gasteiger partial charge is 0.512 e. The second-order valence-corrected chi connectivity index (χ2v) is 3.94. The number of phenolic OH excluding ortho intramolecular Hbond substituents is 2. The molecular weight excluding hydrogens is 220 g/mol. The highest BCUT2D eigenvalue weighted by atomic mass is 16.3. The maximum atomic E-state index is 11.0. The molecule has 0 heterocycles. The van der Waals surface area contributed by atoms with Gasteiger partial charge in [0.05, 0.1) is 6.42 Å². The van der Waals surface area contributed by atoms with Crippen LogP contribution >= 0.6 is 0 Å². The van der Waals surface area contributed by atoms with Crippen molar-refractivity contribution in [3.63, 3.8) is 0 Å². The lowest BCUT2D eigenvalue weighted by Gasteiger charge is -2.11. The van der Waals surface area contributed by atoms with E-state index in [-0.39, 0.29) is 29.5 Å². The van der Waals surface area contributed by atoms with Crippen molar-refractivity contribution >= 4 is 5.78 Å². The number of hydrogen-bond acceptors (Lipinski definition) is 4. The second-order valence-electron chi connectivity index (χ2n) is 3.94. The minimum Gasteiger partial charge on any atom is -0.512 e. The van der Waals surface area contributed by atoms with Crippen molar-refractivity contribution < 1.29 is 20.1 Å². The number of phenols is 2. The molecular formula is C13H12O4. The standard InChI is InChI=1S/C13H12O4/c14-10-3-1-8(12(16)6-10)5-9-2-4-11(15)7-13(9)17/h1-4,6,14,16-17H,5,7H2. The minimum absolute atomic E-state index is 0.00464. The molecule has 3 N–H and O–H groups in total. The van der Waals surface area contributed by atoms with Crippen LogP contribution in [0.3, 0.4) is 0 Å². The fourth-order valence-corrected chi connectivity index (χ4v) is 1.70. The van der Waals surface area contributed by atoms with Crippen molar-refractivity contribution in [1.82, 2.24) is 0 Å². The van der Waals surface area contributed by atoms with Gasteiger partial charge >= 0.3 is 0 Å². The van der Waals surface area contributed by atoms with Gasteiger partial charge in [-0.25, -0.2) is 0 Å². The first-order chi connectivity index (χ1) is 8.06. The molecule has 2 rings (SSSR count). The van der Waals surface area contributed by atoms with Crippen LogP contribution in [0.25, 0.3) is 0 Å². The fourth-order valence-electron chi connectivity index (χ4n) is 1.70. The Morgan fingerprint density at radius 3 is 2.53 bits per heavy atom. The van der Waals surface area contributed by atoms with Gasteiger partial charge in [0.15, 0.2) is 5.78 Å². The Kier molecular flexibility index (Phi) is 2.87. The van der Waals surface area contributed by atoms with Crippen molar-refractivity contribution in [3.8, 4) is 11.5 Å². The number of aromatic hydroxyl groups is 2. The number of carbonyl (C=O) groups is 1. The topological polar surface area (TPSA) is 77.8 Å². The summed E-state index contributed by atoms with van der Waals surface area (Å²) in [6, 6.07) is 4.28. The van der Waals surface area contributed by atoms with Gasteiger partial charge in [-0.1, -0.05) is 12.1 Å². The van der Waals surface area contributed by atoms with Gasteiger partial charge in [0.2, 0.25) is 0 Å². The average molecular weight is 232 g/mol. The number of aliphatic hydroxyl groups excluding tert-OH is 1. The number of hydrogen-bond donors (Lipinski definition) is 3. The molecule has 0 aliphatic heterocycles. The van der Waals surface area contributed by atoms with Crippen molar-refractivity contribution in [3.05, 3.63) is 47.2 Å². The molecule has 1 aromatic rings. The van der Waals surface area contributed by atoms with E-state index < -0.39 is 0 Å². The summed E-state index contributed by atoms with van der Waals surface area (Å²) in [4.78, 5) is 11.0. The summed E-state index contributed by atoms with van der Waals surface area (Å²) in [5, 5.41) is 28.4. The molecule has 4 nitrogen and oxygen atoms in total. The van der Waals surface area contributed by atoms with Gasteiger partial charge < -0.3 is 15.3 Å². The van der Waals surface area contributed by atoms with Gasteiger partial charge in [-0.15, -0.1) is 0 Å². The van der Waals surface area contributed by atoms with Crippen LogP contribution in [0, 0.1) is 0 Å². The number of allylic oxidation sites excluding steroid dienone is 4. The number of aliphatic hydroxyl groups is 1. The van der Waals surface area contributed by atoms with Crippen LogP contribution in [-0.2, 0) is 11.2 Å². The lowest BCUT2D eigenvalue weighted by Crippen LogP contribution is -2.05. The summed E-state index contributed by atoms with van der Waals surface area (Å²) in [6.45, 7) is 0. The zero-order chi connectivity index (χ0) is 12.4. The lowest BCUT2D eigenvalue weighted by molar-refractivity contribution is -0.114. The van der Waals surface area contributed by atoms with Gasteiger partial charge in [0, 0.05) is 12.5 Å². The molecule has 1 aromatic carbocycles. The average Bonchev–Trinajstić information content (AvgIpc) is 2.25. The van der Waals surface area contributed by atoms with Crippen LogP contribution < -0.4 is 0 Å². The summed E-state index contributed by atoms with van der Waals surface area (Å²) in [6.07, 6.45) is 3.28. The number of ketones is 1. The van der Waals surface area contributed by atoms with Crippen molar-refractivity contribution in [2.75, 3.05) is 0 Å². The minimum atomic E-state index is -0.138. The monoisotopic (exact) mass is 232 g/mol. The maximum absolute atomic E-state index is 11.0. The molecule has 0 amide bonds. The zero-order valence-corrected chi connectivity index (χ0v) is 9.05. The van der Waals surface area contributed by atoms with E-state index in [0.29, 0.717) is 17.6 Å². The third kappa shape index (κ3) is 2.47. The molecule has 0 unspecified atom stereocenters. The Labute approximate surface area is 98.1 Å². The molecule has 0 aromatic heterocycles.